The Hall–Kier alpha value is -2.40. The lowest BCUT2D eigenvalue weighted by molar-refractivity contribution is 0.0998. The minimum atomic E-state index is -0.233. The first-order chi connectivity index (χ1) is 12.4. The zero-order valence-electron chi connectivity index (χ0n) is 15.9. The van der Waals surface area contributed by atoms with E-state index in [0.29, 0.717) is 5.56 Å². The van der Waals surface area contributed by atoms with Gasteiger partial charge in [-0.15, -0.1) is 0 Å². The zero-order chi connectivity index (χ0) is 18.8. The molecule has 3 rings (SSSR count). The summed E-state index contributed by atoms with van der Waals surface area (Å²) in [7, 11) is 0. The Morgan fingerprint density at radius 1 is 1.15 bits per heavy atom. The molecule has 0 aliphatic carbocycles. The standard InChI is InChI=1S/C21H24N2O2S/c1-6-23-18-11-14(4)15(5)12-19(18)26-21(23)22-20(24)16-7-9-17(10-8-16)25-13(2)3/h7-13H,6H2,1-5H3. The summed E-state index contributed by atoms with van der Waals surface area (Å²) in [5.41, 5.74) is 4.19. The minimum Gasteiger partial charge on any atom is -0.491 e. The number of hydrogen-bond donors (Lipinski definition) is 0. The maximum absolute atomic E-state index is 12.6. The van der Waals surface area contributed by atoms with Crippen LogP contribution in [0.15, 0.2) is 41.4 Å². The second-order valence-corrected chi connectivity index (χ2v) is 7.65. The van der Waals surface area contributed by atoms with Gasteiger partial charge in [0.25, 0.3) is 5.91 Å². The van der Waals surface area contributed by atoms with E-state index in [1.807, 2.05) is 26.0 Å². The summed E-state index contributed by atoms with van der Waals surface area (Å²) in [5, 5.41) is 0. The van der Waals surface area contributed by atoms with E-state index in [9.17, 15) is 4.79 Å². The van der Waals surface area contributed by atoms with Crippen LogP contribution in [0.5, 0.6) is 5.75 Å². The SMILES string of the molecule is CCn1c(=NC(=O)c2ccc(OC(C)C)cc2)sc2cc(C)c(C)cc21. The molecule has 0 saturated carbocycles. The molecule has 0 radical (unpaired) electrons. The quantitative estimate of drug-likeness (QED) is 0.659. The van der Waals surface area contributed by atoms with Gasteiger partial charge in [-0.05, 0) is 82.1 Å². The third kappa shape index (κ3) is 3.73. The number of amides is 1. The number of benzene rings is 2. The normalized spacial score (nSPS) is 12.2. The monoisotopic (exact) mass is 368 g/mol. The number of fused-ring (bicyclic) bond motifs is 1. The van der Waals surface area contributed by atoms with Crippen LogP contribution in [0.2, 0.25) is 0 Å². The molecule has 26 heavy (non-hydrogen) atoms. The van der Waals surface area contributed by atoms with Gasteiger partial charge in [-0.2, -0.15) is 4.99 Å². The van der Waals surface area contributed by atoms with Crippen LogP contribution in [0, 0.1) is 13.8 Å². The Labute approximate surface area is 157 Å². The van der Waals surface area contributed by atoms with E-state index in [4.69, 9.17) is 4.74 Å². The predicted octanol–water partition coefficient (Wildman–Crippen LogP) is 4.87. The average Bonchev–Trinajstić information content (AvgIpc) is 2.91. The Kier molecular flexibility index (Phi) is 5.28. The smallest absolute Gasteiger partial charge is 0.279 e. The second-order valence-electron chi connectivity index (χ2n) is 6.64. The number of ether oxygens (including phenoxy) is 1. The van der Waals surface area contributed by atoms with Crippen LogP contribution < -0.4 is 9.54 Å². The fourth-order valence-electron chi connectivity index (χ4n) is 2.81. The van der Waals surface area contributed by atoms with Gasteiger partial charge in [0, 0.05) is 12.1 Å². The number of nitrogens with zero attached hydrogens (tertiary/aromatic N) is 2. The molecule has 0 spiro atoms. The summed E-state index contributed by atoms with van der Waals surface area (Å²) >= 11 is 1.56. The fourth-order valence-corrected chi connectivity index (χ4v) is 3.98. The molecule has 5 heteroatoms. The summed E-state index contributed by atoms with van der Waals surface area (Å²) < 4.78 is 8.87. The van der Waals surface area contributed by atoms with Gasteiger partial charge < -0.3 is 9.30 Å². The lowest BCUT2D eigenvalue weighted by Crippen LogP contribution is -2.16. The number of hydrogen-bond acceptors (Lipinski definition) is 3. The van der Waals surface area contributed by atoms with Gasteiger partial charge >= 0.3 is 0 Å². The number of rotatable bonds is 4. The van der Waals surface area contributed by atoms with E-state index in [0.717, 1.165) is 27.3 Å². The molecule has 1 amide bonds. The molecular formula is C21H24N2O2S. The lowest BCUT2D eigenvalue weighted by Gasteiger charge is -2.09. The van der Waals surface area contributed by atoms with Crippen molar-refractivity contribution < 1.29 is 9.53 Å². The van der Waals surface area contributed by atoms with Gasteiger partial charge in [-0.3, -0.25) is 4.79 Å². The van der Waals surface area contributed by atoms with Crippen LogP contribution in [-0.4, -0.2) is 16.6 Å². The van der Waals surface area contributed by atoms with Gasteiger partial charge in [0.1, 0.15) is 5.75 Å². The van der Waals surface area contributed by atoms with E-state index in [1.54, 1.807) is 23.5 Å². The highest BCUT2D eigenvalue weighted by molar-refractivity contribution is 7.16. The van der Waals surface area contributed by atoms with Crippen molar-refractivity contribution >= 4 is 27.5 Å². The number of thiazole rings is 1. The molecule has 0 bridgehead atoms. The van der Waals surface area contributed by atoms with Crippen LogP contribution in [-0.2, 0) is 6.54 Å². The molecule has 0 saturated heterocycles. The number of aryl methyl sites for hydroxylation is 3. The third-order valence-electron chi connectivity index (χ3n) is 4.28. The lowest BCUT2D eigenvalue weighted by atomic mass is 10.1. The topological polar surface area (TPSA) is 43.6 Å². The first-order valence-corrected chi connectivity index (χ1v) is 9.67. The van der Waals surface area contributed by atoms with Crippen molar-refractivity contribution in [2.75, 3.05) is 0 Å². The van der Waals surface area contributed by atoms with E-state index in [1.165, 1.54) is 11.1 Å². The highest BCUT2D eigenvalue weighted by atomic mass is 32.1. The van der Waals surface area contributed by atoms with E-state index < -0.39 is 0 Å². The molecule has 0 unspecified atom stereocenters. The molecule has 3 aromatic rings. The zero-order valence-corrected chi connectivity index (χ0v) is 16.7. The molecule has 0 atom stereocenters. The molecule has 136 valence electrons. The van der Waals surface area contributed by atoms with Gasteiger partial charge in [-0.25, -0.2) is 0 Å². The van der Waals surface area contributed by atoms with Crippen molar-refractivity contribution in [3.63, 3.8) is 0 Å². The number of carbonyl (C=O) groups is 1. The van der Waals surface area contributed by atoms with Crippen LogP contribution in [0.1, 0.15) is 42.3 Å². The molecule has 1 heterocycles. The largest absolute Gasteiger partial charge is 0.491 e. The first kappa shape index (κ1) is 18.4. The molecule has 0 aliphatic rings. The van der Waals surface area contributed by atoms with Crippen molar-refractivity contribution in [2.45, 2.75) is 47.3 Å². The van der Waals surface area contributed by atoms with Crippen molar-refractivity contribution in [1.82, 2.24) is 4.57 Å². The summed E-state index contributed by atoms with van der Waals surface area (Å²) in [6, 6.07) is 11.5. The van der Waals surface area contributed by atoms with Crippen LogP contribution >= 0.6 is 11.3 Å². The van der Waals surface area contributed by atoms with E-state index >= 15 is 0 Å². The van der Waals surface area contributed by atoms with Crippen molar-refractivity contribution in [3.8, 4) is 5.75 Å². The Morgan fingerprint density at radius 2 is 1.81 bits per heavy atom. The van der Waals surface area contributed by atoms with Crippen molar-refractivity contribution in [2.24, 2.45) is 4.99 Å². The summed E-state index contributed by atoms with van der Waals surface area (Å²) in [6.45, 7) is 11.0. The van der Waals surface area contributed by atoms with Crippen LogP contribution in [0.3, 0.4) is 0 Å². The van der Waals surface area contributed by atoms with Gasteiger partial charge in [0.05, 0.1) is 16.3 Å². The summed E-state index contributed by atoms with van der Waals surface area (Å²) in [4.78, 5) is 17.7. The van der Waals surface area contributed by atoms with Crippen LogP contribution in [0.25, 0.3) is 10.2 Å². The Morgan fingerprint density at radius 3 is 2.42 bits per heavy atom. The molecule has 0 fully saturated rings. The molecule has 0 N–H and O–H groups in total. The van der Waals surface area contributed by atoms with Gasteiger partial charge in [0.15, 0.2) is 4.80 Å². The second kappa shape index (κ2) is 7.46. The Balaban J connectivity index is 2.00. The van der Waals surface area contributed by atoms with Gasteiger partial charge in [0.2, 0.25) is 0 Å². The van der Waals surface area contributed by atoms with E-state index in [2.05, 4.69) is 42.5 Å². The van der Waals surface area contributed by atoms with Crippen LogP contribution in [0.4, 0.5) is 0 Å². The molecule has 2 aromatic carbocycles. The molecule has 4 nitrogen and oxygen atoms in total. The fraction of sp³-hybridized carbons (Fsp3) is 0.333. The molecular weight excluding hydrogens is 344 g/mol. The maximum Gasteiger partial charge on any atom is 0.279 e. The first-order valence-electron chi connectivity index (χ1n) is 8.85. The average molecular weight is 369 g/mol. The highest BCUT2D eigenvalue weighted by Gasteiger charge is 2.10. The van der Waals surface area contributed by atoms with E-state index in [-0.39, 0.29) is 12.0 Å². The number of aromatic nitrogens is 1. The number of carbonyl (C=O) groups excluding carboxylic acids is 1. The highest BCUT2D eigenvalue weighted by Crippen LogP contribution is 2.22. The minimum absolute atomic E-state index is 0.107. The summed E-state index contributed by atoms with van der Waals surface area (Å²) in [5.74, 6) is 0.524. The Bertz CT molecular complexity index is 1010. The van der Waals surface area contributed by atoms with Crippen molar-refractivity contribution in [3.05, 3.63) is 57.9 Å². The summed E-state index contributed by atoms with van der Waals surface area (Å²) in [6.07, 6.45) is 0.107. The van der Waals surface area contributed by atoms with Gasteiger partial charge in [-0.1, -0.05) is 11.3 Å². The molecule has 1 aromatic heterocycles. The third-order valence-corrected chi connectivity index (χ3v) is 5.33. The van der Waals surface area contributed by atoms with Crippen molar-refractivity contribution in [1.29, 1.82) is 0 Å². The maximum atomic E-state index is 12.6. The molecule has 0 aliphatic heterocycles. The predicted molar refractivity (Wildman–Crippen MR) is 107 cm³/mol.